The van der Waals surface area contributed by atoms with Gasteiger partial charge in [-0.25, -0.2) is 0 Å². The van der Waals surface area contributed by atoms with Gasteiger partial charge in [-0.05, 0) is 25.2 Å². The van der Waals surface area contributed by atoms with Crippen molar-refractivity contribution in [3.05, 3.63) is 0 Å². The number of aliphatic hydroxyl groups is 1. The van der Waals surface area contributed by atoms with Crippen molar-refractivity contribution in [2.24, 2.45) is 17.8 Å². The quantitative estimate of drug-likeness (QED) is 0.617. The third-order valence-corrected chi connectivity index (χ3v) is 3.49. The van der Waals surface area contributed by atoms with Gasteiger partial charge >= 0.3 is 5.97 Å². The molecule has 4 atom stereocenters. The van der Waals surface area contributed by atoms with Crippen LogP contribution in [0.25, 0.3) is 0 Å². The number of aliphatic hydroxyl groups excluding tert-OH is 1. The molecular weight excluding hydrogens is 168 g/mol. The Labute approximate surface area is 78.1 Å². The molecule has 0 spiro atoms. The zero-order chi connectivity index (χ0) is 9.42. The Kier molecular flexibility index (Phi) is 2.28. The summed E-state index contributed by atoms with van der Waals surface area (Å²) >= 11 is 0. The van der Waals surface area contributed by atoms with Crippen LogP contribution in [0.4, 0.5) is 0 Å². The highest BCUT2D eigenvalue weighted by molar-refractivity contribution is 5.74. The summed E-state index contributed by atoms with van der Waals surface area (Å²) < 4.78 is 5.26. The first-order valence-electron chi connectivity index (χ1n) is 5.03. The maximum atomic E-state index is 11.3. The van der Waals surface area contributed by atoms with Gasteiger partial charge in [-0.2, -0.15) is 0 Å². The molecule has 2 fully saturated rings. The molecule has 74 valence electrons. The van der Waals surface area contributed by atoms with E-state index in [1.807, 2.05) is 6.92 Å². The Morgan fingerprint density at radius 3 is 3.00 bits per heavy atom. The molecule has 2 rings (SSSR count). The van der Waals surface area contributed by atoms with Gasteiger partial charge < -0.3 is 9.84 Å². The van der Waals surface area contributed by atoms with E-state index in [1.165, 1.54) is 0 Å². The first-order chi connectivity index (χ1) is 6.22. The molecule has 0 unspecified atom stereocenters. The number of hydrogen-bond donors (Lipinski definition) is 1. The average Bonchev–Trinajstić information content (AvgIpc) is 2.42. The summed E-state index contributed by atoms with van der Waals surface area (Å²) in [5.74, 6) is 0.785. The number of esters is 1. The highest BCUT2D eigenvalue weighted by Crippen LogP contribution is 2.40. The van der Waals surface area contributed by atoms with Crippen LogP contribution in [0.15, 0.2) is 0 Å². The van der Waals surface area contributed by atoms with Crippen molar-refractivity contribution in [3.63, 3.8) is 0 Å². The maximum Gasteiger partial charge on any atom is 0.309 e. The number of ether oxygens (including phenoxy) is 1. The molecule has 2 aliphatic rings. The smallest absolute Gasteiger partial charge is 0.309 e. The highest BCUT2D eigenvalue weighted by atomic mass is 16.6. The van der Waals surface area contributed by atoms with Crippen molar-refractivity contribution in [2.75, 3.05) is 6.61 Å². The molecule has 0 aromatic carbocycles. The van der Waals surface area contributed by atoms with Gasteiger partial charge in [-0.15, -0.1) is 0 Å². The molecule has 0 bridgehead atoms. The standard InChI is InChI=1S/C10H16O3/c1-6-8-3-2-7(5-11)4-9(8)13-10(6)12/h6-9,11H,2-5H2,1H3/t6-,7-,8-,9-/m1/s1. The number of hydrogen-bond acceptors (Lipinski definition) is 3. The summed E-state index contributed by atoms with van der Waals surface area (Å²) in [7, 11) is 0. The maximum absolute atomic E-state index is 11.3. The van der Waals surface area contributed by atoms with E-state index in [-0.39, 0.29) is 24.6 Å². The molecule has 3 nitrogen and oxygen atoms in total. The number of carbonyl (C=O) groups excluding carboxylic acids is 1. The average molecular weight is 184 g/mol. The van der Waals surface area contributed by atoms with Gasteiger partial charge in [0.1, 0.15) is 6.10 Å². The van der Waals surface area contributed by atoms with Crippen molar-refractivity contribution in [1.29, 1.82) is 0 Å². The van der Waals surface area contributed by atoms with Crippen molar-refractivity contribution >= 4 is 5.97 Å². The Morgan fingerprint density at radius 2 is 2.31 bits per heavy atom. The third kappa shape index (κ3) is 1.46. The van der Waals surface area contributed by atoms with Crippen LogP contribution in [-0.4, -0.2) is 23.8 Å². The number of fused-ring (bicyclic) bond motifs is 1. The molecule has 1 aliphatic heterocycles. The van der Waals surface area contributed by atoms with Gasteiger partial charge in [-0.3, -0.25) is 4.79 Å². The summed E-state index contributed by atoms with van der Waals surface area (Å²) in [5, 5.41) is 9.00. The van der Waals surface area contributed by atoms with Crippen LogP contribution in [0.3, 0.4) is 0 Å². The topological polar surface area (TPSA) is 46.5 Å². The summed E-state index contributed by atoms with van der Waals surface area (Å²) in [5.41, 5.74) is 0. The lowest BCUT2D eigenvalue weighted by atomic mass is 9.76. The fourth-order valence-electron chi connectivity index (χ4n) is 2.54. The summed E-state index contributed by atoms with van der Waals surface area (Å²) in [6, 6.07) is 0. The largest absolute Gasteiger partial charge is 0.462 e. The van der Waals surface area contributed by atoms with Crippen LogP contribution in [0, 0.1) is 17.8 Å². The SMILES string of the molecule is C[C@H]1C(=O)O[C@@H]2C[C@H](CO)CC[C@@H]21. The number of rotatable bonds is 1. The zero-order valence-corrected chi connectivity index (χ0v) is 7.90. The molecule has 13 heavy (non-hydrogen) atoms. The minimum Gasteiger partial charge on any atom is -0.462 e. The Morgan fingerprint density at radius 1 is 1.54 bits per heavy atom. The normalized spacial score (nSPS) is 44.3. The first-order valence-corrected chi connectivity index (χ1v) is 5.03. The van der Waals surface area contributed by atoms with Gasteiger partial charge in [0.15, 0.2) is 0 Å². The second-order valence-electron chi connectivity index (χ2n) is 4.29. The molecule has 1 saturated carbocycles. The van der Waals surface area contributed by atoms with E-state index < -0.39 is 0 Å². The summed E-state index contributed by atoms with van der Waals surface area (Å²) in [6.07, 6.45) is 3.02. The van der Waals surface area contributed by atoms with Crippen molar-refractivity contribution in [3.8, 4) is 0 Å². The second-order valence-corrected chi connectivity index (χ2v) is 4.29. The molecule has 0 aromatic rings. The van der Waals surface area contributed by atoms with Crippen LogP contribution in [0.1, 0.15) is 26.2 Å². The molecular formula is C10H16O3. The van der Waals surface area contributed by atoms with Crippen molar-refractivity contribution in [2.45, 2.75) is 32.3 Å². The second kappa shape index (κ2) is 3.29. The lowest BCUT2D eigenvalue weighted by Crippen LogP contribution is -2.29. The summed E-state index contributed by atoms with van der Waals surface area (Å²) in [4.78, 5) is 11.3. The van der Waals surface area contributed by atoms with Gasteiger partial charge in [0.05, 0.1) is 5.92 Å². The monoisotopic (exact) mass is 184 g/mol. The van der Waals surface area contributed by atoms with E-state index in [0.717, 1.165) is 19.3 Å². The van der Waals surface area contributed by atoms with Crippen LogP contribution in [0.5, 0.6) is 0 Å². The minimum absolute atomic E-state index is 0.0476. The lowest BCUT2D eigenvalue weighted by Gasteiger charge is -2.29. The van der Waals surface area contributed by atoms with Gasteiger partial charge in [0.2, 0.25) is 0 Å². The van der Waals surface area contributed by atoms with Gasteiger partial charge in [0, 0.05) is 12.5 Å². The van der Waals surface area contributed by atoms with Crippen LogP contribution >= 0.6 is 0 Å². The van der Waals surface area contributed by atoms with Crippen LogP contribution in [-0.2, 0) is 9.53 Å². The fourth-order valence-corrected chi connectivity index (χ4v) is 2.54. The van der Waals surface area contributed by atoms with Crippen molar-refractivity contribution in [1.82, 2.24) is 0 Å². The fraction of sp³-hybridized carbons (Fsp3) is 0.900. The first kappa shape index (κ1) is 9.00. The molecule has 1 N–H and O–H groups in total. The van der Waals surface area contributed by atoms with Gasteiger partial charge in [0.25, 0.3) is 0 Å². The molecule has 3 heteroatoms. The van der Waals surface area contributed by atoms with E-state index in [2.05, 4.69) is 0 Å². The van der Waals surface area contributed by atoms with Crippen LogP contribution in [0.2, 0.25) is 0 Å². The van der Waals surface area contributed by atoms with E-state index in [4.69, 9.17) is 9.84 Å². The predicted molar refractivity (Wildman–Crippen MR) is 47.0 cm³/mol. The van der Waals surface area contributed by atoms with E-state index >= 15 is 0 Å². The molecule has 1 saturated heterocycles. The van der Waals surface area contributed by atoms with Gasteiger partial charge in [-0.1, -0.05) is 6.92 Å². The minimum atomic E-state index is -0.0476. The Hall–Kier alpha value is -0.570. The van der Waals surface area contributed by atoms with E-state index in [9.17, 15) is 4.79 Å². The highest BCUT2D eigenvalue weighted by Gasteiger charge is 2.44. The van der Waals surface area contributed by atoms with E-state index in [0.29, 0.717) is 11.8 Å². The molecule has 0 amide bonds. The lowest BCUT2D eigenvalue weighted by molar-refractivity contribution is -0.144. The third-order valence-electron chi connectivity index (χ3n) is 3.49. The Balaban J connectivity index is 2.03. The molecule has 0 aromatic heterocycles. The zero-order valence-electron chi connectivity index (χ0n) is 7.90. The van der Waals surface area contributed by atoms with E-state index in [1.54, 1.807) is 0 Å². The van der Waals surface area contributed by atoms with Crippen molar-refractivity contribution < 1.29 is 14.6 Å². The number of carbonyl (C=O) groups is 1. The Bertz CT molecular complexity index is 214. The molecule has 1 aliphatic carbocycles. The predicted octanol–water partition coefficient (Wildman–Crippen LogP) is 0.956. The molecule has 0 radical (unpaired) electrons. The summed E-state index contributed by atoms with van der Waals surface area (Å²) in [6.45, 7) is 2.18. The van der Waals surface area contributed by atoms with Crippen LogP contribution < -0.4 is 0 Å². The molecule has 1 heterocycles.